The average molecular weight is 368 g/mol. The van der Waals surface area contributed by atoms with Crippen LogP contribution >= 0.6 is 0 Å². The Hall–Kier alpha value is -2.66. The lowest BCUT2D eigenvalue weighted by atomic mass is 9.96. The first kappa shape index (κ1) is 20.6. The third-order valence-corrected chi connectivity index (χ3v) is 4.19. The first-order valence-corrected chi connectivity index (χ1v) is 9.29. The summed E-state index contributed by atoms with van der Waals surface area (Å²) in [7, 11) is 3.87. The van der Waals surface area contributed by atoms with Gasteiger partial charge < -0.3 is 15.0 Å². The second kappa shape index (κ2) is 10.5. The number of esters is 1. The van der Waals surface area contributed by atoms with Crippen molar-refractivity contribution < 1.29 is 14.3 Å². The summed E-state index contributed by atoms with van der Waals surface area (Å²) in [6.45, 7) is 3.05. The fraction of sp³-hybridized carbons (Fsp3) is 0.364. The number of carbonyl (C=O) groups is 2. The summed E-state index contributed by atoms with van der Waals surface area (Å²) in [5, 5.41) is 2.96. The third-order valence-electron chi connectivity index (χ3n) is 4.19. The predicted octanol–water partition coefficient (Wildman–Crippen LogP) is 3.93. The Morgan fingerprint density at radius 2 is 1.70 bits per heavy atom. The van der Waals surface area contributed by atoms with Crippen LogP contribution in [0.2, 0.25) is 0 Å². The Bertz CT molecular complexity index is 727. The molecule has 0 radical (unpaired) electrons. The van der Waals surface area contributed by atoms with Crippen molar-refractivity contribution in [1.29, 1.82) is 0 Å². The molecule has 0 aromatic heterocycles. The van der Waals surface area contributed by atoms with E-state index in [1.165, 1.54) is 0 Å². The van der Waals surface area contributed by atoms with Crippen molar-refractivity contribution in [2.75, 3.05) is 32.6 Å². The monoisotopic (exact) mass is 368 g/mol. The van der Waals surface area contributed by atoms with Gasteiger partial charge in [0, 0.05) is 12.2 Å². The van der Waals surface area contributed by atoms with Crippen molar-refractivity contribution in [1.82, 2.24) is 4.90 Å². The van der Waals surface area contributed by atoms with Gasteiger partial charge in [0.15, 0.2) is 0 Å². The Labute approximate surface area is 161 Å². The number of carbonyl (C=O) groups excluding carboxylic acids is 2. The molecule has 1 N–H and O–H groups in total. The van der Waals surface area contributed by atoms with Crippen LogP contribution in [0.1, 0.15) is 41.6 Å². The van der Waals surface area contributed by atoms with Crippen molar-refractivity contribution >= 4 is 17.6 Å². The number of nitrogens with one attached hydrogen (secondary N) is 1. The van der Waals surface area contributed by atoms with Crippen LogP contribution in [-0.4, -0.2) is 44.0 Å². The summed E-state index contributed by atoms with van der Waals surface area (Å²) in [6, 6.07) is 16.5. The zero-order valence-electron chi connectivity index (χ0n) is 16.3. The van der Waals surface area contributed by atoms with Crippen molar-refractivity contribution in [3.05, 3.63) is 65.7 Å². The molecule has 5 nitrogen and oxygen atoms in total. The van der Waals surface area contributed by atoms with E-state index in [0.717, 1.165) is 24.1 Å². The van der Waals surface area contributed by atoms with Crippen LogP contribution in [0.4, 0.5) is 5.69 Å². The molecular formula is C22H28N2O3. The van der Waals surface area contributed by atoms with Gasteiger partial charge in [0.2, 0.25) is 5.91 Å². The van der Waals surface area contributed by atoms with Crippen LogP contribution in [0.3, 0.4) is 0 Å². The van der Waals surface area contributed by atoms with Crippen LogP contribution in [0.15, 0.2) is 54.6 Å². The summed E-state index contributed by atoms with van der Waals surface area (Å²) in [4.78, 5) is 26.8. The van der Waals surface area contributed by atoms with E-state index in [1.54, 1.807) is 12.1 Å². The smallest absolute Gasteiger partial charge is 0.338 e. The molecule has 0 saturated carbocycles. The molecule has 0 aliphatic carbocycles. The summed E-state index contributed by atoms with van der Waals surface area (Å²) in [5.41, 5.74) is 2.13. The molecule has 0 aliphatic heterocycles. The Morgan fingerprint density at radius 3 is 2.30 bits per heavy atom. The maximum atomic E-state index is 12.8. The molecule has 2 aromatic carbocycles. The largest absolute Gasteiger partial charge is 0.462 e. The molecule has 0 saturated heterocycles. The maximum Gasteiger partial charge on any atom is 0.338 e. The number of unbranched alkanes of at least 4 members (excludes halogenated alkanes) is 1. The highest BCUT2D eigenvalue weighted by atomic mass is 16.5. The van der Waals surface area contributed by atoms with Gasteiger partial charge in [-0.05, 0) is 50.3 Å². The summed E-state index contributed by atoms with van der Waals surface area (Å²) >= 11 is 0. The molecule has 2 rings (SSSR count). The van der Waals surface area contributed by atoms with Crippen LogP contribution in [0.5, 0.6) is 0 Å². The minimum atomic E-state index is -0.342. The Kier molecular flexibility index (Phi) is 8.01. The van der Waals surface area contributed by atoms with Crippen LogP contribution in [0.25, 0.3) is 0 Å². The topological polar surface area (TPSA) is 58.6 Å². The van der Waals surface area contributed by atoms with Gasteiger partial charge in [-0.2, -0.15) is 0 Å². The Balaban J connectivity index is 2.11. The number of rotatable bonds is 9. The van der Waals surface area contributed by atoms with Crippen LogP contribution in [-0.2, 0) is 9.53 Å². The van der Waals surface area contributed by atoms with E-state index in [-0.39, 0.29) is 17.8 Å². The van der Waals surface area contributed by atoms with Gasteiger partial charge >= 0.3 is 5.97 Å². The predicted molar refractivity (Wildman–Crippen MR) is 108 cm³/mol. The molecule has 0 bridgehead atoms. The molecular weight excluding hydrogens is 340 g/mol. The second-order valence-corrected chi connectivity index (χ2v) is 6.78. The highest BCUT2D eigenvalue weighted by Crippen LogP contribution is 2.20. The van der Waals surface area contributed by atoms with Gasteiger partial charge in [-0.15, -0.1) is 0 Å². The summed E-state index contributed by atoms with van der Waals surface area (Å²) in [6.07, 6.45) is 1.84. The molecule has 0 fully saturated rings. The summed E-state index contributed by atoms with van der Waals surface area (Å²) < 4.78 is 5.23. The van der Waals surface area contributed by atoms with E-state index >= 15 is 0 Å². The van der Waals surface area contributed by atoms with E-state index in [2.05, 4.69) is 5.32 Å². The van der Waals surface area contributed by atoms with Gasteiger partial charge in [-0.25, -0.2) is 4.79 Å². The van der Waals surface area contributed by atoms with Crippen molar-refractivity contribution in [2.24, 2.45) is 0 Å². The van der Waals surface area contributed by atoms with Gasteiger partial charge in [0.25, 0.3) is 0 Å². The standard InChI is InChI=1S/C22H28N2O3/c1-4-5-15-27-22(26)18-13-11-17(12-14-18)20(16-24(2)3)21(25)23-19-9-7-6-8-10-19/h6-14,20H,4-5,15-16H2,1-3H3,(H,23,25). The van der Waals surface area contributed by atoms with E-state index in [4.69, 9.17) is 4.74 Å². The van der Waals surface area contributed by atoms with Crippen LogP contribution < -0.4 is 5.32 Å². The highest BCUT2D eigenvalue weighted by Gasteiger charge is 2.22. The second-order valence-electron chi connectivity index (χ2n) is 6.78. The van der Waals surface area contributed by atoms with E-state index < -0.39 is 0 Å². The number of amides is 1. The number of anilines is 1. The highest BCUT2D eigenvalue weighted by molar-refractivity contribution is 5.96. The molecule has 27 heavy (non-hydrogen) atoms. The van der Waals surface area contributed by atoms with Crippen molar-refractivity contribution in [3.8, 4) is 0 Å². The number of benzene rings is 2. The molecule has 0 spiro atoms. The normalized spacial score (nSPS) is 11.9. The zero-order valence-corrected chi connectivity index (χ0v) is 16.3. The molecule has 2 aromatic rings. The fourth-order valence-electron chi connectivity index (χ4n) is 2.70. The first-order chi connectivity index (χ1) is 13.0. The SMILES string of the molecule is CCCCOC(=O)c1ccc(C(CN(C)C)C(=O)Nc2ccccc2)cc1. The van der Waals surface area contributed by atoms with E-state index in [1.807, 2.05) is 68.4 Å². The average Bonchev–Trinajstić information content (AvgIpc) is 2.67. The van der Waals surface area contributed by atoms with Crippen molar-refractivity contribution in [3.63, 3.8) is 0 Å². The lowest BCUT2D eigenvalue weighted by Gasteiger charge is -2.21. The minimum absolute atomic E-state index is 0.0758. The zero-order chi connectivity index (χ0) is 19.6. The van der Waals surface area contributed by atoms with Gasteiger partial charge in [0.05, 0.1) is 18.1 Å². The summed E-state index contributed by atoms with van der Waals surface area (Å²) in [5.74, 6) is -0.744. The van der Waals surface area contributed by atoms with Gasteiger partial charge in [0.1, 0.15) is 0 Å². The lowest BCUT2D eigenvalue weighted by Crippen LogP contribution is -2.30. The molecule has 0 aliphatic rings. The minimum Gasteiger partial charge on any atom is -0.462 e. The van der Waals surface area contributed by atoms with Crippen LogP contribution in [0, 0.1) is 0 Å². The number of nitrogens with zero attached hydrogens (tertiary/aromatic N) is 1. The number of ether oxygens (including phenoxy) is 1. The third kappa shape index (κ3) is 6.53. The molecule has 144 valence electrons. The lowest BCUT2D eigenvalue weighted by molar-refractivity contribution is -0.117. The van der Waals surface area contributed by atoms with Gasteiger partial charge in [-0.1, -0.05) is 43.7 Å². The molecule has 1 atom stereocenters. The Morgan fingerprint density at radius 1 is 1.04 bits per heavy atom. The number of likely N-dealkylation sites (N-methyl/N-ethyl adjacent to an activating group) is 1. The maximum absolute atomic E-state index is 12.8. The van der Waals surface area contributed by atoms with E-state index in [0.29, 0.717) is 18.7 Å². The first-order valence-electron chi connectivity index (χ1n) is 9.29. The number of para-hydroxylation sites is 1. The molecule has 1 amide bonds. The van der Waals surface area contributed by atoms with E-state index in [9.17, 15) is 9.59 Å². The molecule has 0 heterocycles. The quantitative estimate of drug-likeness (QED) is 0.538. The number of hydrogen-bond acceptors (Lipinski definition) is 4. The van der Waals surface area contributed by atoms with Crippen molar-refractivity contribution in [2.45, 2.75) is 25.7 Å². The molecule has 5 heteroatoms. The molecule has 1 unspecified atom stereocenters. The fourth-order valence-corrected chi connectivity index (χ4v) is 2.70. The van der Waals surface area contributed by atoms with Gasteiger partial charge in [-0.3, -0.25) is 4.79 Å². The number of hydrogen-bond donors (Lipinski definition) is 1.